The fourth-order valence-corrected chi connectivity index (χ4v) is 4.56. The summed E-state index contributed by atoms with van der Waals surface area (Å²) in [6, 6.07) is 7.72. The van der Waals surface area contributed by atoms with Gasteiger partial charge in [-0.3, -0.25) is 0 Å². The number of hydrogen-bond donors (Lipinski definition) is 2. The summed E-state index contributed by atoms with van der Waals surface area (Å²) in [5, 5.41) is 3.44. The minimum atomic E-state index is -3.32. The van der Waals surface area contributed by atoms with E-state index < -0.39 is 10.0 Å². The molecule has 0 aromatic heterocycles. The summed E-state index contributed by atoms with van der Waals surface area (Å²) in [5.41, 5.74) is 0.998. The maximum Gasteiger partial charge on any atom is 0.240 e. The van der Waals surface area contributed by atoms with Crippen LogP contribution in [-0.4, -0.2) is 32.0 Å². The number of nitrogens with one attached hydrogen (secondary N) is 2. The van der Waals surface area contributed by atoms with Crippen molar-refractivity contribution in [2.24, 2.45) is 0 Å². The van der Waals surface area contributed by atoms with Crippen LogP contribution in [0.25, 0.3) is 0 Å². The fraction of sp³-hybridized carbons (Fsp3) is 0.538. The van der Waals surface area contributed by atoms with Gasteiger partial charge in [0, 0.05) is 23.5 Å². The number of rotatable bonds is 5. The highest BCUT2D eigenvalue weighted by Crippen LogP contribution is 2.24. The van der Waals surface area contributed by atoms with E-state index in [0.29, 0.717) is 10.9 Å². The molecule has 0 amide bonds. The molecule has 2 N–H and O–H groups in total. The largest absolute Gasteiger partial charge is 0.381 e. The minimum Gasteiger partial charge on any atom is -0.381 e. The molecule has 1 aromatic carbocycles. The molecule has 1 heterocycles. The van der Waals surface area contributed by atoms with Crippen molar-refractivity contribution in [1.29, 1.82) is 0 Å². The molecule has 4 nitrogen and oxygen atoms in total. The van der Waals surface area contributed by atoms with Gasteiger partial charge in [0.15, 0.2) is 0 Å². The van der Waals surface area contributed by atoms with E-state index in [4.69, 9.17) is 0 Å². The van der Waals surface area contributed by atoms with Gasteiger partial charge in [0.1, 0.15) is 0 Å². The third kappa shape index (κ3) is 3.43. The number of thioether (sulfide) groups is 1. The molecule has 1 saturated carbocycles. The first-order valence-corrected chi connectivity index (χ1v) is 9.24. The zero-order valence-corrected chi connectivity index (χ0v) is 12.3. The van der Waals surface area contributed by atoms with Crippen molar-refractivity contribution >= 4 is 27.5 Å². The summed E-state index contributed by atoms with van der Waals surface area (Å²) in [6.07, 6.45) is 3.09. The number of sulfonamides is 1. The molecule has 1 aromatic rings. The van der Waals surface area contributed by atoms with Crippen LogP contribution in [0.3, 0.4) is 0 Å². The van der Waals surface area contributed by atoms with Crippen molar-refractivity contribution in [2.75, 3.05) is 16.8 Å². The highest BCUT2D eigenvalue weighted by atomic mass is 32.2. The van der Waals surface area contributed by atoms with Crippen molar-refractivity contribution in [3.63, 3.8) is 0 Å². The normalized spacial score (nSPS) is 23.5. The van der Waals surface area contributed by atoms with Gasteiger partial charge >= 0.3 is 0 Å². The average Bonchev–Trinajstić information content (AvgIpc) is 3.03. The molecule has 0 spiro atoms. The van der Waals surface area contributed by atoms with E-state index in [2.05, 4.69) is 10.0 Å². The minimum absolute atomic E-state index is 0.151. The third-order valence-electron chi connectivity index (χ3n) is 3.36. The van der Waals surface area contributed by atoms with Crippen LogP contribution in [0.5, 0.6) is 0 Å². The van der Waals surface area contributed by atoms with Crippen molar-refractivity contribution < 1.29 is 8.42 Å². The molecular weight excluding hydrogens is 280 g/mol. The Morgan fingerprint density at radius 3 is 2.37 bits per heavy atom. The second-order valence-corrected chi connectivity index (χ2v) is 7.99. The Morgan fingerprint density at radius 2 is 1.79 bits per heavy atom. The van der Waals surface area contributed by atoms with Crippen LogP contribution in [0.15, 0.2) is 29.2 Å². The van der Waals surface area contributed by atoms with E-state index >= 15 is 0 Å². The van der Waals surface area contributed by atoms with Crippen LogP contribution in [0.2, 0.25) is 0 Å². The molecule has 104 valence electrons. The fourth-order valence-electron chi connectivity index (χ4n) is 2.10. The predicted molar refractivity (Wildman–Crippen MR) is 79.1 cm³/mol. The highest BCUT2D eigenvalue weighted by molar-refractivity contribution is 7.99. The zero-order chi connectivity index (χ0) is 13.3. The van der Waals surface area contributed by atoms with Crippen molar-refractivity contribution in [1.82, 2.24) is 4.72 Å². The Hall–Kier alpha value is -0.720. The summed E-state index contributed by atoms with van der Waals surface area (Å²) in [7, 11) is -3.32. The maximum absolute atomic E-state index is 12.0. The van der Waals surface area contributed by atoms with Crippen LogP contribution in [0.4, 0.5) is 5.69 Å². The molecule has 2 aliphatic rings. The molecule has 1 saturated heterocycles. The lowest BCUT2D eigenvalue weighted by Gasteiger charge is -2.13. The first-order valence-electron chi connectivity index (χ1n) is 6.60. The highest BCUT2D eigenvalue weighted by Gasteiger charge is 2.27. The molecule has 0 bridgehead atoms. The summed E-state index contributed by atoms with van der Waals surface area (Å²) < 4.78 is 26.7. The molecule has 6 heteroatoms. The molecular formula is C13H18N2O2S2. The van der Waals surface area contributed by atoms with Crippen LogP contribution < -0.4 is 10.0 Å². The van der Waals surface area contributed by atoms with Crippen molar-refractivity contribution in [3.8, 4) is 0 Å². The quantitative estimate of drug-likeness (QED) is 0.873. The van der Waals surface area contributed by atoms with E-state index in [1.165, 1.54) is 12.2 Å². The van der Waals surface area contributed by atoms with Crippen molar-refractivity contribution in [3.05, 3.63) is 24.3 Å². The van der Waals surface area contributed by atoms with Crippen LogP contribution in [0, 0.1) is 0 Å². The van der Waals surface area contributed by atoms with Gasteiger partial charge in [-0.25, -0.2) is 13.1 Å². The molecule has 3 rings (SSSR count). The summed E-state index contributed by atoms with van der Waals surface area (Å²) in [5.74, 6) is 2.33. The SMILES string of the molecule is O=S(=O)(NC1CC1)c1ccc(NC2CCSC2)cc1. The first kappa shape index (κ1) is 13.3. The van der Waals surface area contributed by atoms with Crippen LogP contribution in [-0.2, 0) is 10.0 Å². The summed E-state index contributed by atoms with van der Waals surface area (Å²) in [4.78, 5) is 0.353. The summed E-state index contributed by atoms with van der Waals surface area (Å²) in [6.45, 7) is 0. The lowest BCUT2D eigenvalue weighted by molar-refractivity contribution is 0.581. The van der Waals surface area contributed by atoms with Gasteiger partial charge < -0.3 is 5.32 Å². The van der Waals surface area contributed by atoms with E-state index in [-0.39, 0.29) is 6.04 Å². The van der Waals surface area contributed by atoms with E-state index in [9.17, 15) is 8.42 Å². The monoisotopic (exact) mass is 298 g/mol. The van der Waals surface area contributed by atoms with Gasteiger partial charge in [-0.05, 0) is 49.3 Å². The second kappa shape index (κ2) is 5.34. The Labute approximate surface area is 118 Å². The van der Waals surface area contributed by atoms with Gasteiger partial charge in [0.25, 0.3) is 0 Å². The Balaban J connectivity index is 1.67. The van der Waals surface area contributed by atoms with Crippen molar-refractivity contribution in [2.45, 2.75) is 36.2 Å². The van der Waals surface area contributed by atoms with E-state index in [1.54, 1.807) is 12.1 Å². The summed E-state index contributed by atoms with van der Waals surface area (Å²) >= 11 is 1.95. The van der Waals surface area contributed by atoms with Gasteiger partial charge in [-0.15, -0.1) is 0 Å². The Kier molecular flexibility index (Phi) is 3.73. The number of benzene rings is 1. The van der Waals surface area contributed by atoms with E-state index in [0.717, 1.165) is 24.3 Å². The second-order valence-electron chi connectivity index (χ2n) is 5.12. The van der Waals surface area contributed by atoms with Crippen LogP contribution >= 0.6 is 11.8 Å². The van der Waals surface area contributed by atoms with Crippen LogP contribution in [0.1, 0.15) is 19.3 Å². The molecule has 1 unspecified atom stereocenters. The molecule has 1 aliphatic carbocycles. The van der Waals surface area contributed by atoms with Gasteiger partial charge in [-0.1, -0.05) is 0 Å². The Bertz CT molecular complexity index is 532. The zero-order valence-electron chi connectivity index (χ0n) is 10.6. The topological polar surface area (TPSA) is 58.2 Å². The molecule has 19 heavy (non-hydrogen) atoms. The first-order chi connectivity index (χ1) is 9.13. The lowest BCUT2D eigenvalue weighted by atomic mass is 10.2. The van der Waals surface area contributed by atoms with Gasteiger partial charge in [0.2, 0.25) is 10.0 Å². The van der Waals surface area contributed by atoms with E-state index in [1.807, 2.05) is 23.9 Å². The standard InChI is InChI=1S/C13H18N2O2S2/c16-19(17,15-11-1-2-11)13-5-3-10(4-6-13)14-12-7-8-18-9-12/h3-6,11-12,14-15H,1-2,7-9H2. The van der Waals surface area contributed by atoms with Gasteiger partial charge in [-0.2, -0.15) is 11.8 Å². The molecule has 0 radical (unpaired) electrons. The maximum atomic E-state index is 12.0. The smallest absolute Gasteiger partial charge is 0.240 e. The molecule has 2 fully saturated rings. The van der Waals surface area contributed by atoms with Gasteiger partial charge in [0.05, 0.1) is 4.90 Å². The third-order valence-corrected chi connectivity index (χ3v) is 6.06. The lowest BCUT2D eigenvalue weighted by Crippen LogP contribution is -2.25. The molecule has 1 atom stereocenters. The predicted octanol–water partition coefficient (Wildman–Crippen LogP) is 2.04. The number of anilines is 1. The molecule has 1 aliphatic heterocycles. The number of hydrogen-bond acceptors (Lipinski definition) is 4. The average molecular weight is 298 g/mol. The Morgan fingerprint density at radius 1 is 1.05 bits per heavy atom.